The van der Waals surface area contributed by atoms with Crippen LogP contribution in [0.3, 0.4) is 0 Å². The van der Waals surface area contributed by atoms with E-state index in [9.17, 15) is 9.90 Å². The highest BCUT2D eigenvalue weighted by atomic mass is 16.3. The van der Waals surface area contributed by atoms with Gasteiger partial charge in [-0.2, -0.15) is 0 Å². The smallest absolute Gasteiger partial charge is 0.171 e. The quantitative estimate of drug-likeness (QED) is 0.920. The number of hydrogen-bond acceptors (Lipinski definition) is 4. The molecule has 0 aromatic heterocycles. The van der Waals surface area contributed by atoms with Crippen LogP contribution in [-0.4, -0.2) is 29.7 Å². The first kappa shape index (κ1) is 14.0. The maximum atomic E-state index is 12.6. The largest absolute Gasteiger partial charge is 0.508 e. The van der Waals surface area contributed by atoms with Gasteiger partial charge in [-0.1, -0.05) is 12.1 Å². The predicted octanol–water partition coefficient (Wildman–Crippen LogP) is 3.70. The second-order valence-electron chi connectivity index (χ2n) is 6.10. The fraction of sp³-hybridized carbons (Fsp3) is 0.263. The zero-order chi connectivity index (χ0) is 15.8. The molecule has 1 fully saturated rings. The van der Waals surface area contributed by atoms with Crippen molar-refractivity contribution in [2.45, 2.75) is 19.3 Å². The number of fused-ring (bicyclic) bond motifs is 1. The van der Waals surface area contributed by atoms with Crippen molar-refractivity contribution in [3.8, 4) is 5.75 Å². The first-order chi connectivity index (χ1) is 11.2. The van der Waals surface area contributed by atoms with E-state index in [1.165, 1.54) is 12.8 Å². The lowest BCUT2D eigenvalue weighted by Crippen LogP contribution is -2.19. The molecule has 4 nitrogen and oxygen atoms in total. The summed E-state index contributed by atoms with van der Waals surface area (Å²) in [6, 6.07) is 12.9. The minimum absolute atomic E-state index is 0.0920. The second-order valence-corrected chi connectivity index (χ2v) is 6.10. The van der Waals surface area contributed by atoms with Gasteiger partial charge < -0.3 is 10.0 Å². The summed E-state index contributed by atoms with van der Waals surface area (Å²) in [5.41, 5.74) is 4.06. The summed E-state index contributed by atoms with van der Waals surface area (Å²) < 4.78 is 0. The molecule has 2 aromatic carbocycles. The molecule has 4 heteroatoms. The van der Waals surface area contributed by atoms with E-state index in [4.69, 9.17) is 0 Å². The summed E-state index contributed by atoms with van der Waals surface area (Å²) in [5, 5.41) is 9.62. The van der Waals surface area contributed by atoms with Gasteiger partial charge in [0.05, 0.1) is 17.8 Å². The summed E-state index contributed by atoms with van der Waals surface area (Å²) in [7, 11) is 0. The molecular weight excluding hydrogens is 288 g/mol. The number of aliphatic imine (C=N–C) groups is 1. The maximum absolute atomic E-state index is 12.6. The van der Waals surface area contributed by atoms with Crippen molar-refractivity contribution in [1.29, 1.82) is 0 Å². The Balaban J connectivity index is 1.72. The van der Waals surface area contributed by atoms with E-state index >= 15 is 0 Å². The zero-order valence-electron chi connectivity index (χ0n) is 12.8. The van der Waals surface area contributed by atoms with Gasteiger partial charge in [0, 0.05) is 29.9 Å². The standard InChI is InChI=1S/C19H18N2O2/c22-15-5-3-4-13(10-15)18-12-19(23)16-11-14(6-7-17(16)20-18)21-8-1-2-9-21/h3-7,10-11,22H,1-2,8-9,12H2. The van der Waals surface area contributed by atoms with Gasteiger partial charge in [-0.15, -0.1) is 0 Å². The van der Waals surface area contributed by atoms with E-state index < -0.39 is 0 Å². The lowest BCUT2D eigenvalue weighted by atomic mass is 9.95. The zero-order valence-corrected chi connectivity index (χ0v) is 12.8. The fourth-order valence-electron chi connectivity index (χ4n) is 3.30. The van der Waals surface area contributed by atoms with E-state index in [0.717, 1.165) is 30.0 Å². The molecule has 1 saturated heterocycles. The number of aromatic hydroxyl groups is 1. The average Bonchev–Trinajstić information content (AvgIpc) is 3.09. The van der Waals surface area contributed by atoms with E-state index in [2.05, 4.69) is 9.89 Å². The molecule has 2 aliphatic heterocycles. The molecule has 2 aliphatic rings. The molecule has 0 spiro atoms. The third-order valence-electron chi connectivity index (χ3n) is 4.51. The highest BCUT2D eigenvalue weighted by Crippen LogP contribution is 2.32. The molecule has 2 heterocycles. The summed E-state index contributed by atoms with van der Waals surface area (Å²) in [4.78, 5) is 19.5. The Bertz CT molecular complexity index is 805. The number of ketones is 1. The van der Waals surface area contributed by atoms with Crippen LogP contribution in [0.15, 0.2) is 47.5 Å². The van der Waals surface area contributed by atoms with Gasteiger partial charge in [-0.25, -0.2) is 0 Å². The van der Waals surface area contributed by atoms with Crippen molar-refractivity contribution >= 4 is 22.9 Å². The van der Waals surface area contributed by atoms with Gasteiger partial charge in [0.1, 0.15) is 5.75 Å². The van der Waals surface area contributed by atoms with Crippen molar-refractivity contribution in [3.05, 3.63) is 53.6 Å². The highest BCUT2D eigenvalue weighted by Gasteiger charge is 2.23. The Kier molecular flexibility index (Phi) is 3.37. The van der Waals surface area contributed by atoms with Crippen molar-refractivity contribution < 1.29 is 9.90 Å². The van der Waals surface area contributed by atoms with Gasteiger partial charge in [-0.05, 0) is 43.2 Å². The number of benzene rings is 2. The van der Waals surface area contributed by atoms with Crippen LogP contribution in [0.1, 0.15) is 35.2 Å². The molecule has 0 amide bonds. The Morgan fingerprint density at radius 2 is 1.87 bits per heavy atom. The lowest BCUT2D eigenvalue weighted by Gasteiger charge is -2.21. The molecule has 116 valence electrons. The number of nitrogens with zero attached hydrogens (tertiary/aromatic N) is 2. The number of Topliss-reactive ketones (excluding diaryl/α,β-unsaturated/α-hetero) is 1. The van der Waals surface area contributed by atoms with Gasteiger partial charge >= 0.3 is 0 Å². The Morgan fingerprint density at radius 3 is 2.65 bits per heavy atom. The number of rotatable bonds is 2. The molecular formula is C19H18N2O2. The van der Waals surface area contributed by atoms with Crippen LogP contribution in [0.5, 0.6) is 5.75 Å². The number of carbonyl (C=O) groups is 1. The maximum Gasteiger partial charge on any atom is 0.171 e. The first-order valence-corrected chi connectivity index (χ1v) is 8.00. The topological polar surface area (TPSA) is 52.9 Å². The van der Waals surface area contributed by atoms with Crippen LogP contribution < -0.4 is 4.90 Å². The molecule has 0 saturated carbocycles. The highest BCUT2D eigenvalue weighted by molar-refractivity contribution is 6.21. The normalized spacial score (nSPS) is 17.1. The number of anilines is 1. The molecule has 2 aromatic rings. The number of phenols is 1. The fourth-order valence-corrected chi connectivity index (χ4v) is 3.30. The van der Waals surface area contributed by atoms with Gasteiger partial charge in [0.2, 0.25) is 0 Å². The SMILES string of the molecule is O=C1CC(c2cccc(O)c2)=Nc2ccc(N3CCCC3)cc21. The summed E-state index contributed by atoms with van der Waals surface area (Å²) >= 11 is 0. The van der Waals surface area contributed by atoms with Gasteiger partial charge in [0.15, 0.2) is 5.78 Å². The Morgan fingerprint density at radius 1 is 1.04 bits per heavy atom. The van der Waals surface area contributed by atoms with Crippen LogP contribution in [-0.2, 0) is 0 Å². The van der Waals surface area contributed by atoms with E-state index in [1.807, 2.05) is 24.3 Å². The summed E-state index contributed by atoms with van der Waals surface area (Å²) in [6.45, 7) is 2.12. The third kappa shape index (κ3) is 2.61. The van der Waals surface area contributed by atoms with Crippen LogP contribution in [0.25, 0.3) is 0 Å². The monoisotopic (exact) mass is 306 g/mol. The molecule has 4 rings (SSSR count). The van der Waals surface area contributed by atoms with E-state index in [1.54, 1.807) is 18.2 Å². The van der Waals surface area contributed by atoms with Gasteiger partial charge in [0.25, 0.3) is 0 Å². The molecule has 0 bridgehead atoms. The average molecular weight is 306 g/mol. The van der Waals surface area contributed by atoms with Crippen LogP contribution >= 0.6 is 0 Å². The lowest BCUT2D eigenvalue weighted by molar-refractivity contribution is 0.1000. The minimum Gasteiger partial charge on any atom is -0.508 e. The number of hydrogen-bond donors (Lipinski definition) is 1. The predicted molar refractivity (Wildman–Crippen MR) is 91.1 cm³/mol. The molecule has 0 radical (unpaired) electrons. The third-order valence-corrected chi connectivity index (χ3v) is 4.51. The first-order valence-electron chi connectivity index (χ1n) is 8.00. The molecule has 1 N–H and O–H groups in total. The summed E-state index contributed by atoms with van der Waals surface area (Å²) in [6.07, 6.45) is 2.70. The van der Waals surface area contributed by atoms with E-state index in [0.29, 0.717) is 11.3 Å². The van der Waals surface area contributed by atoms with E-state index in [-0.39, 0.29) is 18.0 Å². The molecule has 0 aliphatic carbocycles. The van der Waals surface area contributed by atoms with Crippen LogP contribution in [0.4, 0.5) is 11.4 Å². The molecule has 0 unspecified atom stereocenters. The summed E-state index contributed by atoms with van der Waals surface area (Å²) in [5.74, 6) is 0.280. The van der Waals surface area contributed by atoms with Gasteiger partial charge in [-0.3, -0.25) is 9.79 Å². The number of phenolic OH excluding ortho intramolecular Hbond substituents is 1. The Hall–Kier alpha value is -2.62. The van der Waals surface area contributed by atoms with Crippen LogP contribution in [0.2, 0.25) is 0 Å². The van der Waals surface area contributed by atoms with Crippen molar-refractivity contribution in [2.24, 2.45) is 4.99 Å². The van der Waals surface area contributed by atoms with Crippen molar-refractivity contribution in [1.82, 2.24) is 0 Å². The Labute approximate surface area is 135 Å². The molecule has 0 atom stereocenters. The number of carbonyl (C=O) groups excluding carboxylic acids is 1. The van der Waals surface area contributed by atoms with Crippen LogP contribution in [0, 0.1) is 0 Å². The van der Waals surface area contributed by atoms with Crippen molar-refractivity contribution in [2.75, 3.05) is 18.0 Å². The minimum atomic E-state index is 0.0920. The second kappa shape index (κ2) is 5.54. The van der Waals surface area contributed by atoms with Crippen molar-refractivity contribution in [3.63, 3.8) is 0 Å². The molecule has 23 heavy (non-hydrogen) atoms.